The molecule has 0 aliphatic rings. The van der Waals surface area contributed by atoms with Crippen molar-refractivity contribution in [3.8, 4) is 22.4 Å². The van der Waals surface area contributed by atoms with E-state index in [-0.39, 0.29) is 43.9 Å². The van der Waals surface area contributed by atoms with Crippen molar-refractivity contribution in [1.82, 2.24) is 9.78 Å². The van der Waals surface area contributed by atoms with Crippen LogP contribution in [-0.2, 0) is 22.7 Å². The maximum atomic E-state index is 14.0. The number of nitrogens with two attached hydrogens (primary N) is 1. The normalized spacial score (nSPS) is 12.2. The molecule has 0 unspecified atom stereocenters. The van der Waals surface area contributed by atoms with Gasteiger partial charge < -0.3 is 0 Å². The SMILES string of the molecule is C=CCn1nc(-c2ccc(S(N)(=O)=O)cc2)c(-c2ccc(Cl)cc2Cl)c1C(F)(F)F. The van der Waals surface area contributed by atoms with E-state index >= 15 is 0 Å². The highest BCUT2D eigenvalue weighted by atomic mass is 35.5. The van der Waals surface area contributed by atoms with Crippen molar-refractivity contribution >= 4 is 33.2 Å². The summed E-state index contributed by atoms with van der Waals surface area (Å²) in [7, 11) is -3.97. The molecule has 0 saturated heterocycles. The minimum atomic E-state index is -4.76. The molecule has 0 atom stereocenters. The molecule has 0 aliphatic heterocycles. The van der Waals surface area contributed by atoms with Gasteiger partial charge in [0.25, 0.3) is 0 Å². The molecular weight excluding hydrogens is 462 g/mol. The highest BCUT2D eigenvalue weighted by molar-refractivity contribution is 7.89. The number of allylic oxidation sites excluding steroid dienone is 1. The van der Waals surface area contributed by atoms with E-state index in [4.69, 9.17) is 28.3 Å². The van der Waals surface area contributed by atoms with Crippen LogP contribution in [0.2, 0.25) is 10.0 Å². The van der Waals surface area contributed by atoms with Gasteiger partial charge in [0.15, 0.2) is 5.69 Å². The summed E-state index contributed by atoms with van der Waals surface area (Å²) in [5, 5.41) is 9.48. The molecule has 3 aromatic rings. The van der Waals surface area contributed by atoms with Gasteiger partial charge in [-0.1, -0.05) is 47.5 Å². The molecule has 30 heavy (non-hydrogen) atoms. The van der Waals surface area contributed by atoms with Crippen LogP contribution in [0.5, 0.6) is 0 Å². The van der Waals surface area contributed by atoms with E-state index in [1.807, 2.05) is 0 Å². The number of aromatic nitrogens is 2. The molecule has 0 saturated carbocycles. The molecule has 2 N–H and O–H groups in total. The van der Waals surface area contributed by atoms with Gasteiger partial charge in [-0.2, -0.15) is 18.3 Å². The molecule has 1 aromatic heterocycles. The standard InChI is InChI=1S/C19H14Cl2F3N3O2S/c1-2-9-27-18(19(22,23)24)16(14-8-5-12(20)10-15(14)21)17(26-27)11-3-6-13(7-4-11)30(25,28)29/h2-8,10H,1,9H2,(H2,25,28,29). The highest BCUT2D eigenvalue weighted by Gasteiger charge is 2.41. The van der Waals surface area contributed by atoms with Crippen molar-refractivity contribution in [2.24, 2.45) is 5.14 Å². The van der Waals surface area contributed by atoms with E-state index in [0.29, 0.717) is 0 Å². The Bertz CT molecular complexity index is 1220. The lowest BCUT2D eigenvalue weighted by Crippen LogP contribution is -2.15. The van der Waals surface area contributed by atoms with Crippen molar-refractivity contribution in [1.29, 1.82) is 0 Å². The lowest BCUT2D eigenvalue weighted by atomic mass is 9.98. The van der Waals surface area contributed by atoms with E-state index in [2.05, 4.69) is 11.7 Å². The smallest absolute Gasteiger partial charge is 0.255 e. The maximum absolute atomic E-state index is 14.0. The summed E-state index contributed by atoms with van der Waals surface area (Å²) in [4.78, 5) is -0.182. The Balaban J connectivity index is 2.36. The van der Waals surface area contributed by atoms with Gasteiger partial charge in [0.2, 0.25) is 10.0 Å². The summed E-state index contributed by atoms with van der Waals surface area (Å²) in [5.41, 5.74) is -0.980. The summed E-state index contributed by atoms with van der Waals surface area (Å²) < 4.78 is 65.8. The first-order valence-electron chi connectivity index (χ1n) is 8.31. The first kappa shape index (κ1) is 22.4. The molecule has 11 heteroatoms. The maximum Gasteiger partial charge on any atom is 0.433 e. The Kier molecular flexibility index (Phi) is 6.01. The van der Waals surface area contributed by atoms with E-state index in [1.165, 1.54) is 48.5 Å². The van der Waals surface area contributed by atoms with Crippen LogP contribution in [0.4, 0.5) is 13.2 Å². The first-order valence-corrected chi connectivity index (χ1v) is 10.6. The summed E-state index contributed by atoms with van der Waals surface area (Å²) in [6, 6.07) is 9.16. The third-order valence-corrected chi connectivity index (χ3v) is 5.66. The van der Waals surface area contributed by atoms with E-state index < -0.39 is 21.9 Å². The molecule has 0 radical (unpaired) electrons. The summed E-state index contributed by atoms with van der Waals surface area (Å²) in [6.07, 6.45) is -3.48. The number of primary sulfonamides is 1. The summed E-state index contributed by atoms with van der Waals surface area (Å²) >= 11 is 12.1. The fourth-order valence-electron chi connectivity index (χ4n) is 2.96. The zero-order valence-electron chi connectivity index (χ0n) is 15.1. The van der Waals surface area contributed by atoms with Crippen LogP contribution >= 0.6 is 23.2 Å². The quantitative estimate of drug-likeness (QED) is 0.503. The van der Waals surface area contributed by atoms with Crippen molar-refractivity contribution in [2.45, 2.75) is 17.6 Å². The molecule has 158 valence electrons. The zero-order chi connectivity index (χ0) is 22.3. The summed E-state index contributed by atoms with van der Waals surface area (Å²) in [6.45, 7) is 3.27. The molecule has 0 amide bonds. The Morgan fingerprint density at radius 1 is 1.13 bits per heavy atom. The van der Waals surface area contributed by atoms with Gasteiger partial charge in [0.05, 0.1) is 16.5 Å². The molecule has 0 bridgehead atoms. The average molecular weight is 476 g/mol. The third-order valence-electron chi connectivity index (χ3n) is 4.18. The predicted octanol–water partition coefficient (Wildman–Crippen LogP) is 5.38. The van der Waals surface area contributed by atoms with E-state index in [1.54, 1.807) is 0 Å². The number of nitrogens with zero attached hydrogens (tertiary/aromatic N) is 2. The third kappa shape index (κ3) is 4.39. The lowest BCUT2D eigenvalue weighted by molar-refractivity contribution is -0.143. The Morgan fingerprint density at radius 3 is 2.27 bits per heavy atom. The number of alkyl halides is 3. The second kappa shape index (κ2) is 8.07. The van der Waals surface area contributed by atoms with Gasteiger partial charge in [0, 0.05) is 21.7 Å². The molecule has 5 nitrogen and oxygen atoms in total. The Hall–Kier alpha value is -2.33. The number of benzene rings is 2. The fourth-order valence-corrected chi connectivity index (χ4v) is 3.97. The van der Waals surface area contributed by atoms with Gasteiger partial charge in [-0.3, -0.25) is 4.68 Å². The van der Waals surface area contributed by atoms with Crippen LogP contribution < -0.4 is 5.14 Å². The second-order valence-corrected chi connectivity index (χ2v) is 8.64. The number of hydrogen-bond donors (Lipinski definition) is 1. The van der Waals surface area contributed by atoms with Gasteiger partial charge in [-0.15, -0.1) is 6.58 Å². The highest BCUT2D eigenvalue weighted by Crippen LogP contribution is 2.45. The van der Waals surface area contributed by atoms with Gasteiger partial charge in [-0.05, 0) is 24.3 Å². The average Bonchev–Trinajstić information content (AvgIpc) is 3.01. The van der Waals surface area contributed by atoms with Crippen LogP contribution in [0.1, 0.15) is 5.69 Å². The summed E-state index contributed by atoms with van der Waals surface area (Å²) in [5.74, 6) is 0. The Morgan fingerprint density at radius 2 is 1.77 bits per heavy atom. The monoisotopic (exact) mass is 475 g/mol. The second-order valence-electron chi connectivity index (χ2n) is 6.23. The fraction of sp³-hybridized carbons (Fsp3) is 0.105. The molecule has 2 aromatic carbocycles. The largest absolute Gasteiger partial charge is 0.433 e. The van der Waals surface area contributed by atoms with Gasteiger partial charge >= 0.3 is 6.18 Å². The molecule has 1 heterocycles. The lowest BCUT2D eigenvalue weighted by Gasteiger charge is -2.13. The van der Waals surface area contributed by atoms with Gasteiger partial charge in [-0.25, -0.2) is 13.6 Å². The topological polar surface area (TPSA) is 78.0 Å². The number of rotatable bonds is 5. The number of hydrogen-bond acceptors (Lipinski definition) is 3. The minimum Gasteiger partial charge on any atom is -0.255 e. The van der Waals surface area contributed by atoms with E-state index in [0.717, 1.165) is 4.68 Å². The zero-order valence-corrected chi connectivity index (χ0v) is 17.4. The molecule has 3 rings (SSSR count). The molecule has 0 fully saturated rings. The first-order chi connectivity index (χ1) is 13.9. The van der Waals surface area contributed by atoms with Crippen LogP contribution in [0, 0.1) is 0 Å². The van der Waals surface area contributed by atoms with Crippen LogP contribution in [0.15, 0.2) is 60.0 Å². The Labute approximate surface area is 180 Å². The van der Waals surface area contributed by atoms with Gasteiger partial charge in [0.1, 0.15) is 5.69 Å². The number of sulfonamides is 1. The van der Waals surface area contributed by atoms with Crippen LogP contribution in [-0.4, -0.2) is 18.2 Å². The predicted molar refractivity (Wildman–Crippen MR) is 110 cm³/mol. The molecular formula is C19H14Cl2F3N3O2S. The van der Waals surface area contributed by atoms with Crippen LogP contribution in [0.3, 0.4) is 0 Å². The number of halogens is 5. The minimum absolute atomic E-state index is 0.00793. The molecule has 0 spiro atoms. The van der Waals surface area contributed by atoms with Crippen molar-refractivity contribution in [2.75, 3.05) is 0 Å². The van der Waals surface area contributed by atoms with Crippen molar-refractivity contribution in [3.05, 3.63) is 70.9 Å². The molecule has 0 aliphatic carbocycles. The van der Waals surface area contributed by atoms with E-state index in [9.17, 15) is 21.6 Å². The van der Waals surface area contributed by atoms with Crippen molar-refractivity contribution in [3.63, 3.8) is 0 Å². The van der Waals surface area contributed by atoms with Crippen molar-refractivity contribution < 1.29 is 21.6 Å². The van der Waals surface area contributed by atoms with Crippen LogP contribution in [0.25, 0.3) is 22.4 Å².